The van der Waals surface area contributed by atoms with Crippen LogP contribution in [0.3, 0.4) is 0 Å². The third kappa shape index (κ3) is 20.8. The fourth-order valence-electron chi connectivity index (χ4n) is 5.15. The van der Waals surface area contributed by atoms with Crippen LogP contribution in [0.2, 0.25) is 0 Å². The number of carbonyl (C=O) groups is 11. The predicted octanol–water partition coefficient (Wildman–Crippen LogP) is -4.14. The molecule has 24 heteroatoms. The van der Waals surface area contributed by atoms with Crippen molar-refractivity contribution in [3.63, 3.8) is 0 Å². The van der Waals surface area contributed by atoms with Gasteiger partial charge in [-0.15, -0.1) is 0 Å². The van der Waals surface area contributed by atoms with Crippen LogP contribution in [0, 0.1) is 11.8 Å². The van der Waals surface area contributed by atoms with Gasteiger partial charge in [-0.2, -0.15) is 0 Å². The van der Waals surface area contributed by atoms with Crippen molar-refractivity contribution in [2.75, 3.05) is 0 Å². The molecule has 328 valence electrons. The Balaban J connectivity index is 6.39. The van der Waals surface area contributed by atoms with Crippen LogP contribution < -0.4 is 43.4 Å². The Morgan fingerprint density at radius 3 is 1.29 bits per heavy atom. The SMILES string of the molecule is CC(C)C[C@H](NC(=O)[C@H](CC(N)=O)NC(=O)[C@H](CC(C)C)NC(=O)[C@@H](N)CCC(=O)O)C(=O)N[C@@H](CCC(=O)O)C(=O)N[C@H](C(=O)N[C@@H](CC(=O)O)C(=O)O)[C@@H](C)O. The lowest BCUT2D eigenvalue weighted by atomic mass is 10.00. The minimum Gasteiger partial charge on any atom is -0.481 e. The molecule has 0 unspecified atom stereocenters. The third-order valence-corrected chi connectivity index (χ3v) is 8.06. The quantitative estimate of drug-likeness (QED) is 0.0356. The van der Waals surface area contributed by atoms with E-state index in [1.165, 1.54) is 0 Å². The molecule has 0 aliphatic heterocycles. The Labute approximate surface area is 333 Å². The van der Waals surface area contributed by atoms with Crippen molar-refractivity contribution in [1.29, 1.82) is 0 Å². The van der Waals surface area contributed by atoms with Crippen molar-refractivity contribution in [3.05, 3.63) is 0 Å². The van der Waals surface area contributed by atoms with E-state index in [0.717, 1.165) is 6.92 Å². The summed E-state index contributed by atoms with van der Waals surface area (Å²) < 4.78 is 0. The molecular weight excluding hydrogens is 776 g/mol. The first-order valence-corrected chi connectivity index (χ1v) is 18.2. The van der Waals surface area contributed by atoms with Crippen molar-refractivity contribution in [2.24, 2.45) is 23.3 Å². The summed E-state index contributed by atoms with van der Waals surface area (Å²) in [7, 11) is 0. The molecule has 24 nitrogen and oxygen atoms in total. The molecule has 0 radical (unpaired) electrons. The summed E-state index contributed by atoms with van der Waals surface area (Å²) in [5, 5.41) is 60.0. The number of primary amides is 1. The Bertz CT molecular complexity index is 1520. The number of aliphatic carboxylic acids is 4. The van der Waals surface area contributed by atoms with E-state index in [0.29, 0.717) is 0 Å². The van der Waals surface area contributed by atoms with E-state index >= 15 is 0 Å². The van der Waals surface area contributed by atoms with Crippen molar-refractivity contribution in [2.45, 2.75) is 134 Å². The largest absolute Gasteiger partial charge is 0.481 e. The van der Waals surface area contributed by atoms with Gasteiger partial charge in [0.25, 0.3) is 0 Å². The number of aliphatic hydroxyl groups excluding tert-OH is 1. The van der Waals surface area contributed by atoms with E-state index in [9.17, 15) is 68.1 Å². The number of carboxylic acid groups (broad SMARTS) is 4. The Kier molecular flexibility index (Phi) is 22.8. The average molecular weight is 833 g/mol. The highest BCUT2D eigenvalue weighted by molar-refractivity contribution is 5.98. The van der Waals surface area contributed by atoms with Crippen LogP contribution in [0.25, 0.3) is 0 Å². The second kappa shape index (κ2) is 25.4. The number of hydrogen-bond acceptors (Lipinski definition) is 13. The molecule has 0 aromatic rings. The number of aliphatic hydroxyl groups is 1. The number of nitrogens with one attached hydrogen (secondary N) is 6. The van der Waals surface area contributed by atoms with Gasteiger partial charge in [0, 0.05) is 12.8 Å². The maximum atomic E-state index is 13.6. The van der Waals surface area contributed by atoms with E-state index in [-0.39, 0.29) is 31.1 Å². The highest BCUT2D eigenvalue weighted by Crippen LogP contribution is 2.11. The van der Waals surface area contributed by atoms with E-state index in [2.05, 4.69) is 26.6 Å². The molecule has 0 saturated heterocycles. The molecule has 0 aromatic heterocycles. The molecule has 0 heterocycles. The molecule has 0 aromatic carbocycles. The summed E-state index contributed by atoms with van der Waals surface area (Å²) in [6.07, 6.45) is -5.74. The highest BCUT2D eigenvalue weighted by atomic mass is 16.4. The monoisotopic (exact) mass is 832 g/mol. The van der Waals surface area contributed by atoms with Crippen molar-refractivity contribution in [1.82, 2.24) is 31.9 Å². The summed E-state index contributed by atoms with van der Waals surface area (Å²) in [6, 6.07) is -11.5. The van der Waals surface area contributed by atoms with Crippen LogP contribution in [-0.2, 0) is 52.7 Å². The van der Waals surface area contributed by atoms with Gasteiger partial charge >= 0.3 is 23.9 Å². The number of amides is 7. The van der Waals surface area contributed by atoms with Crippen molar-refractivity contribution in [3.8, 4) is 0 Å². The smallest absolute Gasteiger partial charge is 0.326 e. The molecule has 58 heavy (non-hydrogen) atoms. The molecule has 15 N–H and O–H groups in total. The zero-order valence-corrected chi connectivity index (χ0v) is 32.8. The van der Waals surface area contributed by atoms with Crippen LogP contribution in [0.15, 0.2) is 0 Å². The Morgan fingerprint density at radius 1 is 0.483 bits per heavy atom. The summed E-state index contributed by atoms with van der Waals surface area (Å²) in [5.74, 6) is -14.2. The van der Waals surface area contributed by atoms with Gasteiger partial charge in [0.2, 0.25) is 41.4 Å². The maximum Gasteiger partial charge on any atom is 0.326 e. The van der Waals surface area contributed by atoms with Crippen molar-refractivity contribution < 1.29 is 78.3 Å². The number of hydrogen-bond donors (Lipinski definition) is 13. The Hall–Kier alpha value is -5.91. The molecule has 0 bridgehead atoms. The minimum absolute atomic E-state index is 0.00631. The van der Waals surface area contributed by atoms with Gasteiger partial charge in [-0.3, -0.25) is 47.9 Å². The van der Waals surface area contributed by atoms with Gasteiger partial charge in [0.1, 0.15) is 36.3 Å². The lowest BCUT2D eigenvalue weighted by Gasteiger charge is -2.28. The molecular formula is C34H56N8O16. The van der Waals surface area contributed by atoms with Crippen LogP contribution in [0.1, 0.15) is 86.0 Å². The van der Waals surface area contributed by atoms with Gasteiger partial charge in [-0.1, -0.05) is 27.7 Å². The first-order chi connectivity index (χ1) is 26.7. The molecule has 0 saturated carbocycles. The number of carboxylic acids is 4. The summed E-state index contributed by atoms with van der Waals surface area (Å²) >= 11 is 0. The van der Waals surface area contributed by atoms with Gasteiger partial charge in [-0.25, -0.2) is 4.79 Å². The molecule has 8 atom stereocenters. The normalized spacial score (nSPS) is 15.2. The number of nitrogens with two attached hydrogens (primary N) is 2. The molecule has 0 aliphatic rings. The fraction of sp³-hybridized carbons (Fsp3) is 0.676. The first-order valence-electron chi connectivity index (χ1n) is 18.2. The average Bonchev–Trinajstić information content (AvgIpc) is 3.08. The van der Waals surface area contributed by atoms with E-state index in [1.807, 2.05) is 5.32 Å². The van der Waals surface area contributed by atoms with E-state index in [1.54, 1.807) is 27.7 Å². The Morgan fingerprint density at radius 2 is 0.879 bits per heavy atom. The minimum atomic E-state index is -1.97. The molecule has 0 fully saturated rings. The fourth-order valence-corrected chi connectivity index (χ4v) is 5.15. The third-order valence-electron chi connectivity index (χ3n) is 8.06. The van der Waals surface area contributed by atoms with Crippen molar-refractivity contribution >= 4 is 65.2 Å². The van der Waals surface area contributed by atoms with Crippen LogP contribution >= 0.6 is 0 Å². The van der Waals surface area contributed by atoms with E-state index < -0.39 is 146 Å². The highest BCUT2D eigenvalue weighted by Gasteiger charge is 2.36. The lowest BCUT2D eigenvalue weighted by Crippen LogP contribution is -2.61. The maximum absolute atomic E-state index is 13.6. The standard InChI is InChI=1S/C34H56N8O16/c1-14(2)10-19(38-28(51)17(35)6-8-24(45)46)31(54)40-21(12-23(36)44)32(55)39-20(11-15(3)4)30(53)37-18(7-9-25(47)48)29(52)42-27(16(5)43)33(56)41-22(34(57)58)13-26(49)50/h14-22,27,43H,6-13,35H2,1-5H3,(H2,36,44)(H,37,53)(H,38,51)(H,39,55)(H,40,54)(H,41,56)(H,42,52)(H,45,46)(H,47,48)(H,49,50)(H,57,58)/t16-,17+,18+,19+,20+,21+,22+,27+/m1/s1. The van der Waals surface area contributed by atoms with Gasteiger partial charge in [0.05, 0.1) is 25.0 Å². The first kappa shape index (κ1) is 52.1. The molecule has 7 amide bonds. The van der Waals surface area contributed by atoms with Gasteiger partial charge < -0.3 is 68.9 Å². The van der Waals surface area contributed by atoms with Crippen LogP contribution in [-0.4, -0.2) is 139 Å². The predicted molar refractivity (Wildman–Crippen MR) is 198 cm³/mol. The summed E-state index contributed by atoms with van der Waals surface area (Å²) in [4.78, 5) is 136. The van der Waals surface area contributed by atoms with Gasteiger partial charge in [0.15, 0.2) is 0 Å². The second-order valence-electron chi connectivity index (χ2n) is 14.4. The zero-order chi connectivity index (χ0) is 45.0. The topological polar surface area (TPSA) is 413 Å². The van der Waals surface area contributed by atoms with Gasteiger partial charge in [-0.05, 0) is 44.4 Å². The van der Waals surface area contributed by atoms with Crippen LogP contribution in [0.4, 0.5) is 0 Å². The zero-order valence-electron chi connectivity index (χ0n) is 32.8. The number of rotatable bonds is 28. The van der Waals surface area contributed by atoms with E-state index in [4.69, 9.17) is 21.7 Å². The molecule has 0 aliphatic carbocycles. The summed E-state index contributed by atoms with van der Waals surface area (Å²) in [6.45, 7) is 7.73. The lowest BCUT2D eigenvalue weighted by molar-refractivity contribution is -0.148. The molecule has 0 rings (SSSR count). The van der Waals surface area contributed by atoms with Crippen LogP contribution in [0.5, 0.6) is 0 Å². The second-order valence-corrected chi connectivity index (χ2v) is 14.4. The summed E-state index contributed by atoms with van der Waals surface area (Å²) in [5.41, 5.74) is 11.1. The number of carbonyl (C=O) groups excluding carboxylic acids is 7. The molecule has 0 spiro atoms.